The van der Waals surface area contributed by atoms with E-state index in [0.29, 0.717) is 6.04 Å². The van der Waals surface area contributed by atoms with E-state index in [1.54, 1.807) is 0 Å². The van der Waals surface area contributed by atoms with E-state index in [9.17, 15) is 4.79 Å². The van der Waals surface area contributed by atoms with Gasteiger partial charge in [-0.1, -0.05) is 29.3 Å². The summed E-state index contributed by atoms with van der Waals surface area (Å²) in [5, 5.41) is 2.97. The van der Waals surface area contributed by atoms with E-state index in [-0.39, 0.29) is 10.7 Å². The van der Waals surface area contributed by atoms with Crippen molar-refractivity contribution in [3.8, 4) is 0 Å². The topological polar surface area (TPSA) is 29.1 Å². The third-order valence-corrected chi connectivity index (χ3v) is 2.55. The van der Waals surface area contributed by atoms with Gasteiger partial charge < -0.3 is 5.32 Å². The van der Waals surface area contributed by atoms with Gasteiger partial charge >= 0.3 is 0 Å². The molecule has 1 N–H and O–H groups in total. The second-order valence-corrected chi connectivity index (χ2v) is 4.51. The minimum absolute atomic E-state index is 0.0550. The Morgan fingerprint density at radius 1 is 1.82 bits per heavy atom. The number of nitrogens with one attached hydrogen (secondary N) is 1. The summed E-state index contributed by atoms with van der Waals surface area (Å²) in [7, 11) is 0. The number of rotatable bonds is 3. The molecule has 3 unspecified atom stereocenters. The van der Waals surface area contributed by atoms with Gasteiger partial charge in [-0.3, -0.25) is 4.79 Å². The SMILES string of the molecule is CCC1CC1NC(=O)C(C)Br. The summed E-state index contributed by atoms with van der Waals surface area (Å²) in [6, 6.07) is 0.465. The van der Waals surface area contributed by atoms with Gasteiger partial charge in [-0.2, -0.15) is 0 Å². The first kappa shape index (κ1) is 9.04. The van der Waals surface area contributed by atoms with Crippen molar-refractivity contribution in [3.63, 3.8) is 0 Å². The van der Waals surface area contributed by atoms with Gasteiger partial charge in [-0.15, -0.1) is 0 Å². The van der Waals surface area contributed by atoms with Crippen LogP contribution in [-0.4, -0.2) is 16.8 Å². The van der Waals surface area contributed by atoms with Crippen LogP contribution in [0.15, 0.2) is 0 Å². The average Bonchev–Trinajstić information content (AvgIpc) is 2.67. The van der Waals surface area contributed by atoms with Gasteiger partial charge in [0.25, 0.3) is 0 Å². The number of hydrogen-bond acceptors (Lipinski definition) is 1. The zero-order chi connectivity index (χ0) is 8.43. The van der Waals surface area contributed by atoms with E-state index in [4.69, 9.17) is 0 Å². The molecule has 0 aromatic carbocycles. The molecule has 11 heavy (non-hydrogen) atoms. The maximum Gasteiger partial charge on any atom is 0.233 e. The van der Waals surface area contributed by atoms with Crippen LogP contribution in [0.5, 0.6) is 0 Å². The molecule has 3 atom stereocenters. The third kappa shape index (κ3) is 2.47. The van der Waals surface area contributed by atoms with Gasteiger partial charge in [0, 0.05) is 6.04 Å². The molecule has 1 aliphatic carbocycles. The number of carbonyl (C=O) groups excluding carboxylic acids is 1. The lowest BCUT2D eigenvalue weighted by Gasteiger charge is -2.04. The molecular weight excluding hydrogens is 206 g/mol. The van der Waals surface area contributed by atoms with E-state index in [2.05, 4.69) is 28.2 Å². The van der Waals surface area contributed by atoms with Crippen molar-refractivity contribution in [2.45, 2.75) is 37.6 Å². The van der Waals surface area contributed by atoms with Gasteiger partial charge in [0.1, 0.15) is 0 Å². The monoisotopic (exact) mass is 219 g/mol. The molecule has 0 radical (unpaired) electrons. The molecule has 1 amide bonds. The molecule has 64 valence electrons. The van der Waals surface area contributed by atoms with Crippen LogP contribution in [0.4, 0.5) is 0 Å². The smallest absolute Gasteiger partial charge is 0.233 e. The Hall–Kier alpha value is -0.0500. The second-order valence-electron chi connectivity index (χ2n) is 3.14. The van der Waals surface area contributed by atoms with Crippen molar-refractivity contribution >= 4 is 21.8 Å². The highest BCUT2D eigenvalue weighted by molar-refractivity contribution is 9.10. The number of alkyl halides is 1. The number of hydrogen-bond donors (Lipinski definition) is 1. The first-order chi connectivity index (χ1) is 5.15. The zero-order valence-corrected chi connectivity index (χ0v) is 8.52. The number of amides is 1. The van der Waals surface area contributed by atoms with Gasteiger partial charge in [0.15, 0.2) is 0 Å². The molecule has 1 rings (SSSR count). The largest absolute Gasteiger partial charge is 0.352 e. The van der Waals surface area contributed by atoms with Crippen molar-refractivity contribution in [2.75, 3.05) is 0 Å². The first-order valence-electron chi connectivity index (χ1n) is 4.09. The molecule has 1 aliphatic rings. The highest BCUT2D eigenvalue weighted by atomic mass is 79.9. The quantitative estimate of drug-likeness (QED) is 0.720. The van der Waals surface area contributed by atoms with Crippen molar-refractivity contribution in [2.24, 2.45) is 5.92 Å². The zero-order valence-electron chi connectivity index (χ0n) is 6.93. The van der Waals surface area contributed by atoms with Crippen LogP contribution in [-0.2, 0) is 4.79 Å². The predicted octanol–water partition coefficient (Wildman–Crippen LogP) is 1.68. The number of halogens is 1. The Balaban J connectivity index is 2.18. The fourth-order valence-electron chi connectivity index (χ4n) is 1.17. The van der Waals surface area contributed by atoms with Crippen LogP contribution in [0, 0.1) is 5.92 Å². The lowest BCUT2D eigenvalue weighted by molar-refractivity contribution is -0.120. The van der Waals surface area contributed by atoms with Gasteiger partial charge in [0.2, 0.25) is 5.91 Å². The van der Waals surface area contributed by atoms with E-state index in [1.807, 2.05) is 6.92 Å². The molecule has 0 spiro atoms. The summed E-state index contributed by atoms with van der Waals surface area (Å²) in [5.41, 5.74) is 0. The van der Waals surface area contributed by atoms with Crippen LogP contribution in [0.2, 0.25) is 0 Å². The van der Waals surface area contributed by atoms with Crippen molar-refractivity contribution in [1.29, 1.82) is 0 Å². The van der Waals surface area contributed by atoms with Crippen LogP contribution in [0.3, 0.4) is 0 Å². The molecule has 0 bridgehead atoms. The van der Waals surface area contributed by atoms with Crippen LogP contribution in [0.25, 0.3) is 0 Å². The highest BCUT2D eigenvalue weighted by Crippen LogP contribution is 2.33. The van der Waals surface area contributed by atoms with E-state index in [1.165, 1.54) is 12.8 Å². The molecule has 2 nitrogen and oxygen atoms in total. The van der Waals surface area contributed by atoms with Gasteiger partial charge in [-0.05, 0) is 19.3 Å². The molecule has 0 aromatic rings. The fraction of sp³-hybridized carbons (Fsp3) is 0.875. The van der Waals surface area contributed by atoms with E-state index < -0.39 is 0 Å². The molecular formula is C8H14BrNO. The van der Waals surface area contributed by atoms with Crippen molar-refractivity contribution in [1.82, 2.24) is 5.32 Å². The Morgan fingerprint density at radius 2 is 2.45 bits per heavy atom. The molecule has 0 saturated heterocycles. The van der Waals surface area contributed by atoms with E-state index in [0.717, 1.165) is 5.92 Å². The van der Waals surface area contributed by atoms with Gasteiger partial charge in [0.05, 0.1) is 4.83 Å². The van der Waals surface area contributed by atoms with Gasteiger partial charge in [-0.25, -0.2) is 0 Å². The summed E-state index contributed by atoms with van der Waals surface area (Å²) >= 11 is 3.23. The Kier molecular flexibility index (Phi) is 2.93. The minimum Gasteiger partial charge on any atom is -0.352 e. The predicted molar refractivity (Wildman–Crippen MR) is 48.7 cm³/mol. The molecule has 0 aliphatic heterocycles. The minimum atomic E-state index is -0.0550. The summed E-state index contributed by atoms with van der Waals surface area (Å²) < 4.78 is 0. The van der Waals surface area contributed by atoms with Crippen molar-refractivity contribution < 1.29 is 4.79 Å². The molecule has 1 saturated carbocycles. The first-order valence-corrected chi connectivity index (χ1v) is 5.01. The lowest BCUT2D eigenvalue weighted by atomic mass is 10.3. The Labute approximate surface area is 75.9 Å². The third-order valence-electron chi connectivity index (χ3n) is 2.14. The maximum atomic E-state index is 11.1. The maximum absolute atomic E-state index is 11.1. The summed E-state index contributed by atoms with van der Waals surface area (Å²) in [6.07, 6.45) is 2.35. The molecule has 0 heterocycles. The Bertz CT molecular complexity index is 158. The highest BCUT2D eigenvalue weighted by Gasteiger charge is 2.36. The van der Waals surface area contributed by atoms with Crippen LogP contribution in [0.1, 0.15) is 26.7 Å². The molecule has 0 aromatic heterocycles. The van der Waals surface area contributed by atoms with Crippen molar-refractivity contribution in [3.05, 3.63) is 0 Å². The summed E-state index contributed by atoms with van der Waals surface area (Å²) in [5.74, 6) is 0.858. The lowest BCUT2D eigenvalue weighted by Crippen LogP contribution is -2.32. The summed E-state index contributed by atoms with van der Waals surface area (Å²) in [6.45, 7) is 4.01. The second kappa shape index (κ2) is 3.57. The summed E-state index contributed by atoms with van der Waals surface area (Å²) in [4.78, 5) is 11.0. The van der Waals surface area contributed by atoms with E-state index >= 15 is 0 Å². The average molecular weight is 220 g/mol. The molecule has 1 fully saturated rings. The van der Waals surface area contributed by atoms with Crippen LogP contribution >= 0.6 is 15.9 Å². The fourth-order valence-corrected chi connectivity index (χ4v) is 1.31. The number of carbonyl (C=O) groups is 1. The standard InChI is InChI=1S/C8H14BrNO/c1-3-6-4-7(6)10-8(11)5(2)9/h5-7H,3-4H2,1-2H3,(H,10,11). The normalized spacial score (nSPS) is 31.2. The van der Waals surface area contributed by atoms with Crippen LogP contribution < -0.4 is 5.32 Å². The molecule has 3 heteroatoms. The Morgan fingerprint density at radius 3 is 2.82 bits per heavy atom.